The monoisotopic (exact) mass is 287 g/mol. The van der Waals surface area contributed by atoms with Gasteiger partial charge in [-0.3, -0.25) is 10.1 Å². The molecule has 1 unspecified atom stereocenters. The molecule has 2 aromatic carbocycles. The van der Waals surface area contributed by atoms with Crippen molar-refractivity contribution in [1.82, 2.24) is 0 Å². The van der Waals surface area contributed by atoms with Crippen molar-refractivity contribution in [3.63, 3.8) is 0 Å². The van der Waals surface area contributed by atoms with E-state index in [0.717, 1.165) is 11.1 Å². The standard InChI is InChI=1S/C16H17NO4/c1-2-16(18)13-6-8-15(9-7-13)21-11-12-4-3-5-14(10-12)17(19)20/h3-10,16,18H,2,11H2,1H3. The van der Waals surface area contributed by atoms with Crippen molar-refractivity contribution in [3.8, 4) is 5.75 Å². The summed E-state index contributed by atoms with van der Waals surface area (Å²) in [7, 11) is 0. The molecule has 1 atom stereocenters. The summed E-state index contributed by atoms with van der Waals surface area (Å²) in [6, 6.07) is 13.6. The Labute approximate surface area is 123 Å². The van der Waals surface area contributed by atoms with Gasteiger partial charge in [-0.1, -0.05) is 31.2 Å². The van der Waals surface area contributed by atoms with Crippen LogP contribution in [0.1, 0.15) is 30.6 Å². The Morgan fingerprint density at radius 2 is 1.95 bits per heavy atom. The van der Waals surface area contributed by atoms with Gasteiger partial charge in [-0.2, -0.15) is 0 Å². The maximum atomic E-state index is 10.7. The maximum absolute atomic E-state index is 10.7. The van der Waals surface area contributed by atoms with E-state index >= 15 is 0 Å². The summed E-state index contributed by atoms with van der Waals surface area (Å²) in [6.07, 6.45) is 0.198. The number of nitro benzene ring substituents is 1. The highest BCUT2D eigenvalue weighted by molar-refractivity contribution is 5.34. The Morgan fingerprint density at radius 1 is 1.24 bits per heavy atom. The van der Waals surface area contributed by atoms with Gasteiger partial charge < -0.3 is 9.84 Å². The fraction of sp³-hybridized carbons (Fsp3) is 0.250. The van der Waals surface area contributed by atoms with E-state index in [9.17, 15) is 15.2 Å². The molecular weight excluding hydrogens is 270 g/mol. The Hall–Kier alpha value is -2.40. The van der Waals surface area contributed by atoms with Gasteiger partial charge in [-0.15, -0.1) is 0 Å². The molecule has 0 fully saturated rings. The maximum Gasteiger partial charge on any atom is 0.269 e. The molecule has 1 N–H and O–H groups in total. The zero-order chi connectivity index (χ0) is 15.2. The van der Waals surface area contributed by atoms with Gasteiger partial charge in [-0.25, -0.2) is 0 Å². The number of aliphatic hydroxyl groups is 1. The average molecular weight is 287 g/mol. The Kier molecular flexibility index (Phi) is 4.90. The lowest BCUT2D eigenvalue weighted by molar-refractivity contribution is -0.384. The van der Waals surface area contributed by atoms with Gasteiger partial charge in [0.05, 0.1) is 11.0 Å². The van der Waals surface area contributed by atoms with Crippen LogP contribution in [0.5, 0.6) is 5.75 Å². The van der Waals surface area contributed by atoms with Crippen LogP contribution in [0.2, 0.25) is 0 Å². The molecule has 0 radical (unpaired) electrons. The van der Waals surface area contributed by atoms with Crippen molar-refractivity contribution >= 4 is 5.69 Å². The lowest BCUT2D eigenvalue weighted by Crippen LogP contribution is -1.98. The highest BCUT2D eigenvalue weighted by Crippen LogP contribution is 2.21. The van der Waals surface area contributed by atoms with Gasteiger partial charge in [0.15, 0.2) is 0 Å². The van der Waals surface area contributed by atoms with Crippen LogP contribution in [0.3, 0.4) is 0 Å². The first-order valence-corrected chi connectivity index (χ1v) is 6.74. The number of benzene rings is 2. The molecule has 5 nitrogen and oxygen atoms in total. The molecule has 0 bridgehead atoms. The van der Waals surface area contributed by atoms with E-state index in [2.05, 4.69) is 0 Å². The first-order valence-electron chi connectivity index (χ1n) is 6.74. The van der Waals surface area contributed by atoms with Crippen LogP contribution < -0.4 is 4.74 Å². The van der Waals surface area contributed by atoms with Crippen molar-refractivity contribution in [1.29, 1.82) is 0 Å². The number of rotatable bonds is 6. The third kappa shape index (κ3) is 4.03. The lowest BCUT2D eigenvalue weighted by atomic mass is 10.1. The van der Waals surface area contributed by atoms with Crippen molar-refractivity contribution in [2.24, 2.45) is 0 Å². The second-order valence-corrected chi connectivity index (χ2v) is 4.71. The first-order chi connectivity index (χ1) is 10.1. The second-order valence-electron chi connectivity index (χ2n) is 4.71. The summed E-state index contributed by atoms with van der Waals surface area (Å²) in [5, 5.41) is 20.4. The zero-order valence-electron chi connectivity index (χ0n) is 11.7. The highest BCUT2D eigenvalue weighted by Gasteiger charge is 2.07. The minimum Gasteiger partial charge on any atom is -0.489 e. The van der Waals surface area contributed by atoms with Crippen LogP contribution in [0.4, 0.5) is 5.69 Å². The summed E-state index contributed by atoms with van der Waals surface area (Å²) in [5.41, 5.74) is 1.64. The predicted octanol–water partition coefficient (Wildman–Crippen LogP) is 3.62. The summed E-state index contributed by atoms with van der Waals surface area (Å²) in [6.45, 7) is 2.18. The molecule has 0 aliphatic rings. The van der Waals surface area contributed by atoms with Crippen molar-refractivity contribution < 1.29 is 14.8 Å². The molecule has 21 heavy (non-hydrogen) atoms. The van der Waals surface area contributed by atoms with Gasteiger partial charge in [-0.05, 0) is 29.7 Å². The van der Waals surface area contributed by atoms with E-state index < -0.39 is 11.0 Å². The van der Waals surface area contributed by atoms with Crippen LogP contribution in [-0.4, -0.2) is 10.0 Å². The molecule has 0 spiro atoms. The Bertz CT molecular complexity index is 610. The van der Waals surface area contributed by atoms with Crippen LogP contribution in [0, 0.1) is 10.1 Å². The van der Waals surface area contributed by atoms with E-state index in [-0.39, 0.29) is 12.3 Å². The molecule has 110 valence electrons. The minimum atomic E-state index is -0.462. The first kappa shape index (κ1) is 15.0. The summed E-state index contributed by atoms with van der Waals surface area (Å²) >= 11 is 0. The molecule has 0 saturated heterocycles. The topological polar surface area (TPSA) is 72.6 Å². The van der Waals surface area contributed by atoms with E-state index in [1.807, 2.05) is 19.1 Å². The molecule has 2 aromatic rings. The summed E-state index contributed by atoms with van der Waals surface area (Å²) < 4.78 is 5.59. The average Bonchev–Trinajstić information content (AvgIpc) is 2.53. The summed E-state index contributed by atoms with van der Waals surface area (Å²) in [5.74, 6) is 0.661. The molecule has 0 aromatic heterocycles. The zero-order valence-corrected chi connectivity index (χ0v) is 11.7. The summed E-state index contributed by atoms with van der Waals surface area (Å²) in [4.78, 5) is 10.3. The predicted molar refractivity (Wildman–Crippen MR) is 79.1 cm³/mol. The van der Waals surface area contributed by atoms with Gasteiger partial charge in [0.25, 0.3) is 5.69 Å². The molecule has 0 aliphatic carbocycles. The van der Waals surface area contributed by atoms with Crippen molar-refractivity contribution in [2.45, 2.75) is 26.1 Å². The van der Waals surface area contributed by atoms with E-state index in [0.29, 0.717) is 12.2 Å². The quantitative estimate of drug-likeness (QED) is 0.650. The molecule has 0 aliphatic heterocycles. The van der Waals surface area contributed by atoms with Gasteiger partial charge in [0.2, 0.25) is 0 Å². The Morgan fingerprint density at radius 3 is 2.57 bits per heavy atom. The van der Waals surface area contributed by atoms with Gasteiger partial charge >= 0.3 is 0 Å². The molecule has 5 heteroatoms. The van der Waals surface area contributed by atoms with E-state index in [4.69, 9.17) is 4.74 Å². The number of aliphatic hydroxyl groups excluding tert-OH is 1. The molecule has 2 rings (SSSR count). The highest BCUT2D eigenvalue weighted by atomic mass is 16.6. The molecule has 0 amide bonds. The number of non-ortho nitro benzene ring substituents is 1. The number of nitro groups is 1. The van der Waals surface area contributed by atoms with Gasteiger partial charge in [0.1, 0.15) is 12.4 Å². The third-order valence-corrected chi connectivity index (χ3v) is 3.18. The molecular formula is C16H17NO4. The van der Waals surface area contributed by atoms with Crippen LogP contribution in [0.25, 0.3) is 0 Å². The van der Waals surface area contributed by atoms with E-state index in [1.54, 1.807) is 24.3 Å². The van der Waals surface area contributed by atoms with E-state index in [1.165, 1.54) is 12.1 Å². The number of nitrogens with zero attached hydrogens (tertiary/aromatic N) is 1. The van der Waals surface area contributed by atoms with Gasteiger partial charge in [0, 0.05) is 12.1 Å². The van der Waals surface area contributed by atoms with Crippen LogP contribution in [-0.2, 0) is 6.61 Å². The number of hydrogen-bond donors (Lipinski definition) is 1. The van der Waals surface area contributed by atoms with Crippen molar-refractivity contribution in [2.75, 3.05) is 0 Å². The SMILES string of the molecule is CCC(O)c1ccc(OCc2cccc([N+](=O)[O-])c2)cc1. The largest absolute Gasteiger partial charge is 0.489 e. The molecule has 0 heterocycles. The Balaban J connectivity index is 1.99. The normalized spacial score (nSPS) is 11.9. The fourth-order valence-electron chi connectivity index (χ4n) is 1.95. The second kappa shape index (κ2) is 6.85. The third-order valence-electron chi connectivity index (χ3n) is 3.18. The van der Waals surface area contributed by atoms with Crippen LogP contribution in [0.15, 0.2) is 48.5 Å². The molecule has 0 saturated carbocycles. The van der Waals surface area contributed by atoms with Crippen LogP contribution >= 0.6 is 0 Å². The fourth-order valence-corrected chi connectivity index (χ4v) is 1.95. The number of ether oxygens (including phenoxy) is 1. The number of hydrogen-bond acceptors (Lipinski definition) is 4. The smallest absolute Gasteiger partial charge is 0.269 e. The lowest BCUT2D eigenvalue weighted by Gasteiger charge is -2.10. The minimum absolute atomic E-state index is 0.0533. The van der Waals surface area contributed by atoms with Crippen molar-refractivity contribution in [3.05, 3.63) is 69.8 Å².